The third kappa shape index (κ3) is 3.94. The van der Waals surface area contributed by atoms with Crippen molar-refractivity contribution >= 4 is 27.6 Å². The first-order valence-corrected chi connectivity index (χ1v) is 8.35. The Kier molecular flexibility index (Phi) is 5.21. The number of sulfonamides is 1. The molecule has 0 unspecified atom stereocenters. The third-order valence-electron chi connectivity index (χ3n) is 3.27. The van der Waals surface area contributed by atoms with E-state index in [-0.39, 0.29) is 21.6 Å². The van der Waals surface area contributed by atoms with E-state index in [9.17, 15) is 13.2 Å². The van der Waals surface area contributed by atoms with E-state index in [1.54, 1.807) is 0 Å². The highest BCUT2D eigenvalue weighted by Crippen LogP contribution is 2.24. The van der Waals surface area contributed by atoms with Gasteiger partial charge in [0.25, 0.3) is 10.0 Å². The molecule has 0 aromatic heterocycles. The first-order valence-electron chi connectivity index (χ1n) is 6.49. The van der Waals surface area contributed by atoms with Crippen molar-refractivity contribution in [3.8, 4) is 0 Å². The van der Waals surface area contributed by atoms with Crippen LogP contribution in [0.1, 0.15) is 36.0 Å². The summed E-state index contributed by atoms with van der Waals surface area (Å²) in [6, 6.07) is 3.89. The Balaban J connectivity index is 2.19. The molecule has 1 aliphatic carbocycles. The van der Waals surface area contributed by atoms with Crippen molar-refractivity contribution in [2.75, 3.05) is 7.11 Å². The largest absolute Gasteiger partial charge is 0.465 e. The Labute approximate surface area is 128 Å². The molecule has 1 saturated carbocycles. The zero-order chi connectivity index (χ0) is 15.5. The summed E-state index contributed by atoms with van der Waals surface area (Å²) >= 11 is 5.90. The van der Waals surface area contributed by atoms with Gasteiger partial charge in [0.1, 0.15) is 4.90 Å². The highest BCUT2D eigenvalue weighted by Gasteiger charge is 2.23. The fourth-order valence-electron chi connectivity index (χ4n) is 2.14. The SMILES string of the molecule is COC(=O)c1ccc(Cl)c(S(=O)(=O)NOC2CCCC2)c1. The average molecular weight is 334 g/mol. The number of carbonyl (C=O) groups excluding carboxylic acids is 1. The van der Waals surface area contributed by atoms with E-state index in [0.717, 1.165) is 31.7 Å². The van der Waals surface area contributed by atoms with Gasteiger partial charge in [0.2, 0.25) is 0 Å². The van der Waals surface area contributed by atoms with Gasteiger partial charge in [-0.2, -0.15) is 0 Å². The van der Waals surface area contributed by atoms with Gasteiger partial charge in [-0.15, -0.1) is 0 Å². The Morgan fingerprint density at radius 3 is 2.62 bits per heavy atom. The molecule has 6 nitrogen and oxygen atoms in total. The van der Waals surface area contributed by atoms with E-state index in [1.807, 2.05) is 0 Å². The van der Waals surface area contributed by atoms with E-state index in [2.05, 4.69) is 9.62 Å². The lowest BCUT2D eigenvalue weighted by Crippen LogP contribution is -2.28. The zero-order valence-corrected chi connectivity index (χ0v) is 13.0. The Morgan fingerprint density at radius 1 is 1.33 bits per heavy atom. The number of carbonyl (C=O) groups is 1. The second-order valence-corrected chi connectivity index (χ2v) is 6.77. The van der Waals surface area contributed by atoms with Crippen molar-refractivity contribution < 1.29 is 22.8 Å². The quantitative estimate of drug-likeness (QED) is 0.660. The van der Waals surface area contributed by atoms with Crippen LogP contribution in [0.4, 0.5) is 0 Å². The highest BCUT2D eigenvalue weighted by molar-refractivity contribution is 7.89. The van der Waals surface area contributed by atoms with Gasteiger partial charge in [-0.1, -0.05) is 29.3 Å². The zero-order valence-electron chi connectivity index (χ0n) is 11.5. The Bertz CT molecular complexity index is 625. The van der Waals surface area contributed by atoms with Crippen molar-refractivity contribution in [3.05, 3.63) is 28.8 Å². The summed E-state index contributed by atoms with van der Waals surface area (Å²) < 4.78 is 29.0. The van der Waals surface area contributed by atoms with Gasteiger partial charge in [-0.25, -0.2) is 13.2 Å². The third-order valence-corrected chi connectivity index (χ3v) is 4.94. The lowest BCUT2D eigenvalue weighted by molar-refractivity contribution is 0.0223. The van der Waals surface area contributed by atoms with Crippen LogP contribution in [0.5, 0.6) is 0 Å². The number of ether oxygens (including phenoxy) is 1. The van der Waals surface area contributed by atoms with Crippen LogP contribution in [0.25, 0.3) is 0 Å². The van der Waals surface area contributed by atoms with Crippen LogP contribution in [0, 0.1) is 0 Å². The van der Waals surface area contributed by atoms with Crippen molar-refractivity contribution in [2.45, 2.75) is 36.7 Å². The molecule has 0 bridgehead atoms. The standard InChI is InChI=1S/C13H16ClNO5S/c1-19-13(16)9-6-7-11(14)12(8-9)21(17,18)15-20-10-4-2-3-5-10/h6-8,10,15H,2-5H2,1H3. The molecule has 1 aromatic carbocycles. The minimum Gasteiger partial charge on any atom is -0.465 e. The average Bonchev–Trinajstić information content (AvgIpc) is 2.98. The maximum atomic E-state index is 12.2. The predicted octanol–water partition coefficient (Wildman–Crippen LogP) is 2.28. The first kappa shape index (κ1) is 16.2. The van der Waals surface area contributed by atoms with Crippen LogP contribution in [-0.2, 0) is 19.6 Å². The molecule has 21 heavy (non-hydrogen) atoms. The molecule has 2 rings (SSSR count). The van der Waals surface area contributed by atoms with Crippen LogP contribution in [0.2, 0.25) is 5.02 Å². The fraction of sp³-hybridized carbons (Fsp3) is 0.462. The molecule has 1 aromatic rings. The molecule has 0 amide bonds. The summed E-state index contributed by atoms with van der Waals surface area (Å²) in [5, 5.41) is 0.00479. The van der Waals surface area contributed by atoms with Crippen molar-refractivity contribution in [2.24, 2.45) is 0 Å². The van der Waals surface area contributed by atoms with E-state index >= 15 is 0 Å². The molecular formula is C13H16ClNO5S. The second kappa shape index (κ2) is 6.74. The monoisotopic (exact) mass is 333 g/mol. The van der Waals surface area contributed by atoms with Crippen molar-refractivity contribution in [3.63, 3.8) is 0 Å². The molecule has 1 aliphatic rings. The molecule has 1 N–H and O–H groups in total. The summed E-state index contributed by atoms with van der Waals surface area (Å²) in [6.45, 7) is 0. The summed E-state index contributed by atoms with van der Waals surface area (Å²) in [5.74, 6) is -0.639. The molecular weight excluding hydrogens is 318 g/mol. The maximum absolute atomic E-state index is 12.2. The number of hydrogen-bond acceptors (Lipinski definition) is 5. The molecule has 0 atom stereocenters. The molecule has 0 saturated heterocycles. The van der Waals surface area contributed by atoms with Gasteiger partial charge in [-0.05, 0) is 31.0 Å². The van der Waals surface area contributed by atoms with Gasteiger partial charge in [-0.3, -0.25) is 4.84 Å². The summed E-state index contributed by atoms with van der Waals surface area (Å²) in [5.41, 5.74) is 0.100. The molecule has 0 heterocycles. The van der Waals surface area contributed by atoms with Crippen molar-refractivity contribution in [1.82, 2.24) is 4.89 Å². The minimum absolute atomic E-state index is 0.00479. The molecule has 116 valence electrons. The first-order chi connectivity index (χ1) is 9.94. The van der Waals surface area contributed by atoms with E-state index in [1.165, 1.54) is 19.2 Å². The van der Waals surface area contributed by atoms with Gasteiger partial charge in [0.15, 0.2) is 0 Å². The molecule has 0 radical (unpaired) electrons. The second-order valence-electron chi connectivity index (χ2n) is 4.75. The van der Waals surface area contributed by atoms with Crippen LogP contribution in [0.15, 0.2) is 23.1 Å². The summed E-state index contributed by atoms with van der Waals surface area (Å²) in [7, 11) is -2.74. The van der Waals surface area contributed by atoms with Gasteiger partial charge < -0.3 is 4.74 Å². The Hall–Kier alpha value is -1.15. The number of halogens is 1. The number of hydrogen-bond donors (Lipinski definition) is 1. The van der Waals surface area contributed by atoms with E-state index < -0.39 is 16.0 Å². The number of nitrogens with one attached hydrogen (secondary N) is 1. The fourth-order valence-corrected chi connectivity index (χ4v) is 3.52. The van der Waals surface area contributed by atoms with Crippen LogP contribution in [0.3, 0.4) is 0 Å². The minimum atomic E-state index is -3.95. The number of rotatable bonds is 5. The molecule has 8 heteroatoms. The smallest absolute Gasteiger partial charge is 0.337 e. The van der Waals surface area contributed by atoms with Gasteiger partial charge in [0.05, 0.1) is 23.8 Å². The van der Waals surface area contributed by atoms with E-state index in [4.69, 9.17) is 16.4 Å². The van der Waals surface area contributed by atoms with Crippen LogP contribution >= 0.6 is 11.6 Å². The molecule has 0 spiro atoms. The molecule has 0 aliphatic heterocycles. The normalized spacial score (nSPS) is 16.1. The van der Waals surface area contributed by atoms with Crippen LogP contribution in [-0.4, -0.2) is 27.6 Å². The number of benzene rings is 1. The molecule has 1 fully saturated rings. The maximum Gasteiger partial charge on any atom is 0.337 e. The topological polar surface area (TPSA) is 81.7 Å². The predicted molar refractivity (Wildman–Crippen MR) is 76.5 cm³/mol. The van der Waals surface area contributed by atoms with Crippen molar-refractivity contribution in [1.29, 1.82) is 0 Å². The van der Waals surface area contributed by atoms with Crippen LogP contribution < -0.4 is 4.89 Å². The van der Waals surface area contributed by atoms with Gasteiger partial charge in [0, 0.05) is 0 Å². The number of methoxy groups -OCH3 is 1. The lowest BCUT2D eigenvalue weighted by Gasteiger charge is -2.13. The van der Waals surface area contributed by atoms with Gasteiger partial charge >= 0.3 is 5.97 Å². The number of esters is 1. The van der Waals surface area contributed by atoms with E-state index in [0.29, 0.717) is 0 Å². The Morgan fingerprint density at radius 2 is 2.00 bits per heavy atom. The summed E-state index contributed by atoms with van der Waals surface area (Å²) in [6.07, 6.45) is 3.55. The highest BCUT2D eigenvalue weighted by atomic mass is 35.5. The lowest BCUT2D eigenvalue weighted by atomic mass is 10.2. The summed E-state index contributed by atoms with van der Waals surface area (Å²) in [4.78, 5) is 18.5.